The van der Waals surface area contributed by atoms with Crippen LogP contribution in [0.1, 0.15) is 18.6 Å². The van der Waals surface area contributed by atoms with E-state index in [9.17, 15) is 23.8 Å². The molecule has 0 bridgehead atoms. The third-order valence-electron chi connectivity index (χ3n) is 2.19. The van der Waals surface area contributed by atoms with E-state index in [1.165, 1.54) is 6.92 Å². The fourth-order valence-corrected chi connectivity index (χ4v) is 1.61. The monoisotopic (exact) mass is 324 g/mol. The van der Waals surface area contributed by atoms with Gasteiger partial charge in [-0.3, -0.25) is 0 Å². The number of hydrogen-bond donors (Lipinski definition) is 2. The Hall–Kier alpha value is -1.05. The molecule has 0 fully saturated rings. The summed E-state index contributed by atoms with van der Waals surface area (Å²) >= 11 is 2.77. The first kappa shape index (κ1) is 15.0. The van der Waals surface area contributed by atoms with Crippen LogP contribution in [0.15, 0.2) is 16.6 Å². The summed E-state index contributed by atoms with van der Waals surface area (Å²) in [5.74, 6) is -2.87. The van der Waals surface area contributed by atoms with Gasteiger partial charge < -0.3 is 14.9 Å². The van der Waals surface area contributed by atoms with Crippen LogP contribution in [-0.4, -0.2) is 28.9 Å². The van der Waals surface area contributed by atoms with Crippen LogP contribution in [0.4, 0.5) is 8.78 Å². The van der Waals surface area contributed by atoms with Crippen LogP contribution in [0.2, 0.25) is 0 Å². The van der Waals surface area contributed by atoms with Gasteiger partial charge in [-0.15, -0.1) is 0 Å². The maximum absolute atomic E-state index is 13.5. The number of aliphatic hydroxyl groups excluding tert-OH is 2. The number of carbonyl (C=O) groups excluding carboxylic acids is 1. The lowest BCUT2D eigenvalue weighted by molar-refractivity contribution is -0.159. The zero-order valence-electron chi connectivity index (χ0n) is 9.36. The van der Waals surface area contributed by atoms with E-state index >= 15 is 0 Å². The van der Waals surface area contributed by atoms with E-state index in [2.05, 4.69) is 20.7 Å². The van der Waals surface area contributed by atoms with Crippen molar-refractivity contribution in [1.29, 1.82) is 0 Å². The molecule has 0 spiro atoms. The predicted molar refractivity (Wildman–Crippen MR) is 61.7 cm³/mol. The number of rotatable bonds is 4. The Labute approximate surface area is 110 Å². The molecule has 2 unspecified atom stereocenters. The zero-order valence-corrected chi connectivity index (χ0v) is 10.9. The van der Waals surface area contributed by atoms with E-state index in [0.29, 0.717) is 6.07 Å². The molecule has 2 N–H and O–H groups in total. The van der Waals surface area contributed by atoms with Crippen molar-refractivity contribution >= 4 is 21.9 Å². The number of ether oxygens (including phenoxy) is 1. The van der Waals surface area contributed by atoms with Gasteiger partial charge in [0.15, 0.2) is 6.10 Å². The molecule has 0 saturated heterocycles. The average Bonchev–Trinajstić information content (AvgIpc) is 2.32. The van der Waals surface area contributed by atoms with Gasteiger partial charge in [-0.25, -0.2) is 13.6 Å². The third-order valence-corrected chi connectivity index (χ3v) is 2.79. The van der Waals surface area contributed by atoms with Gasteiger partial charge >= 0.3 is 5.97 Å². The van der Waals surface area contributed by atoms with Crippen molar-refractivity contribution in [3.8, 4) is 0 Å². The SMILES string of the molecule is CCOC(=O)C(O)C(O)c1cc(F)c(Br)cc1F. The van der Waals surface area contributed by atoms with E-state index in [1.54, 1.807) is 0 Å². The van der Waals surface area contributed by atoms with Crippen LogP contribution in [-0.2, 0) is 9.53 Å². The molecule has 100 valence electrons. The minimum absolute atomic E-state index is 0.000204. The molecule has 0 amide bonds. The first-order chi connectivity index (χ1) is 8.38. The van der Waals surface area contributed by atoms with Crippen LogP contribution in [0.3, 0.4) is 0 Å². The highest BCUT2D eigenvalue weighted by Crippen LogP contribution is 2.26. The van der Waals surface area contributed by atoms with Crippen LogP contribution in [0.5, 0.6) is 0 Å². The number of benzene rings is 1. The molecule has 0 radical (unpaired) electrons. The first-order valence-electron chi connectivity index (χ1n) is 5.05. The van der Waals surface area contributed by atoms with Crippen molar-refractivity contribution in [2.24, 2.45) is 0 Å². The highest BCUT2D eigenvalue weighted by atomic mass is 79.9. The average molecular weight is 325 g/mol. The van der Waals surface area contributed by atoms with E-state index < -0.39 is 35.4 Å². The normalized spacial score (nSPS) is 14.1. The molecule has 0 heterocycles. The van der Waals surface area contributed by atoms with Crippen molar-refractivity contribution in [3.05, 3.63) is 33.8 Å². The van der Waals surface area contributed by atoms with Crippen LogP contribution in [0, 0.1) is 11.6 Å². The molecule has 4 nitrogen and oxygen atoms in total. The Bertz CT molecular complexity index is 453. The van der Waals surface area contributed by atoms with Gasteiger partial charge in [0.1, 0.15) is 17.7 Å². The molecule has 1 aromatic carbocycles. The van der Waals surface area contributed by atoms with Gasteiger partial charge in [0, 0.05) is 5.56 Å². The lowest BCUT2D eigenvalue weighted by Crippen LogP contribution is -2.30. The molecule has 7 heteroatoms. The van der Waals surface area contributed by atoms with E-state index in [4.69, 9.17) is 0 Å². The number of esters is 1. The van der Waals surface area contributed by atoms with Crippen LogP contribution < -0.4 is 0 Å². The first-order valence-corrected chi connectivity index (χ1v) is 5.85. The van der Waals surface area contributed by atoms with E-state index in [-0.39, 0.29) is 11.1 Å². The number of halogens is 3. The largest absolute Gasteiger partial charge is 0.464 e. The van der Waals surface area contributed by atoms with Crippen molar-refractivity contribution in [3.63, 3.8) is 0 Å². The Morgan fingerprint density at radius 2 is 2.00 bits per heavy atom. The number of carbonyl (C=O) groups is 1. The second kappa shape index (κ2) is 6.21. The Balaban J connectivity index is 3.00. The lowest BCUT2D eigenvalue weighted by Gasteiger charge is -2.17. The molecular weight excluding hydrogens is 314 g/mol. The van der Waals surface area contributed by atoms with Crippen molar-refractivity contribution < 1.29 is 28.5 Å². The highest BCUT2D eigenvalue weighted by molar-refractivity contribution is 9.10. The predicted octanol–water partition coefficient (Wildman–Crippen LogP) is 1.68. The smallest absolute Gasteiger partial charge is 0.338 e. The molecule has 0 aromatic heterocycles. The Morgan fingerprint density at radius 3 is 2.56 bits per heavy atom. The van der Waals surface area contributed by atoms with Crippen molar-refractivity contribution in [2.45, 2.75) is 19.1 Å². The van der Waals surface area contributed by atoms with E-state index in [1.807, 2.05) is 0 Å². The van der Waals surface area contributed by atoms with Crippen LogP contribution >= 0.6 is 15.9 Å². The molecule has 18 heavy (non-hydrogen) atoms. The Kier molecular flexibility index (Phi) is 5.18. The van der Waals surface area contributed by atoms with E-state index in [0.717, 1.165) is 6.07 Å². The maximum atomic E-state index is 13.5. The summed E-state index contributed by atoms with van der Waals surface area (Å²) < 4.78 is 31.0. The summed E-state index contributed by atoms with van der Waals surface area (Å²) in [7, 11) is 0. The molecule has 1 rings (SSSR count). The van der Waals surface area contributed by atoms with Gasteiger partial charge in [-0.05, 0) is 35.0 Å². The molecule has 1 aromatic rings. The maximum Gasteiger partial charge on any atom is 0.338 e. The molecule has 0 aliphatic rings. The summed E-state index contributed by atoms with van der Waals surface area (Å²) in [5.41, 5.74) is -0.517. The minimum Gasteiger partial charge on any atom is -0.464 e. The summed E-state index contributed by atoms with van der Waals surface area (Å²) in [6.07, 6.45) is -3.87. The number of aliphatic hydroxyl groups is 2. The molecule has 0 aliphatic carbocycles. The molecule has 2 atom stereocenters. The van der Waals surface area contributed by atoms with Gasteiger partial charge in [-0.2, -0.15) is 0 Å². The second-order valence-corrected chi connectivity index (χ2v) is 4.28. The van der Waals surface area contributed by atoms with Gasteiger partial charge in [0.25, 0.3) is 0 Å². The Morgan fingerprint density at radius 1 is 1.39 bits per heavy atom. The fraction of sp³-hybridized carbons (Fsp3) is 0.364. The highest BCUT2D eigenvalue weighted by Gasteiger charge is 2.29. The summed E-state index contributed by atoms with van der Waals surface area (Å²) in [6.45, 7) is 1.51. The molecule has 0 aliphatic heterocycles. The molecular formula is C11H11BrF2O4. The zero-order chi connectivity index (χ0) is 13.9. The molecule has 0 saturated carbocycles. The minimum atomic E-state index is -1.97. The van der Waals surface area contributed by atoms with Crippen LogP contribution in [0.25, 0.3) is 0 Å². The second-order valence-electron chi connectivity index (χ2n) is 3.43. The summed E-state index contributed by atoms with van der Waals surface area (Å²) in [4.78, 5) is 11.2. The van der Waals surface area contributed by atoms with Crippen molar-refractivity contribution in [2.75, 3.05) is 6.61 Å². The van der Waals surface area contributed by atoms with Gasteiger partial charge in [-0.1, -0.05) is 0 Å². The van der Waals surface area contributed by atoms with Crippen molar-refractivity contribution in [1.82, 2.24) is 0 Å². The van der Waals surface area contributed by atoms with Gasteiger partial charge in [0.05, 0.1) is 11.1 Å². The standard InChI is InChI=1S/C11H11BrF2O4/c1-2-18-11(17)10(16)9(15)5-3-8(14)6(12)4-7(5)13/h3-4,9-10,15-16H,2H2,1H3. The summed E-state index contributed by atoms with van der Waals surface area (Å²) in [6, 6.07) is 1.50. The lowest BCUT2D eigenvalue weighted by atomic mass is 10.0. The number of hydrogen-bond acceptors (Lipinski definition) is 4. The quantitative estimate of drug-likeness (QED) is 0.653. The third kappa shape index (κ3) is 3.24. The van der Waals surface area contributed by atoms with Gasteiger partial charge in [0.2, 0.25) is 0 Å². The summed E-state index contributed by atoms with van der Waals surface area (Å²) in [5, 5.41) is 19.0. The topological polar surface area (TPSA) is 66.8 Å². The fourth-order valence-electron chi connectivity index (χ4n) is 1.29.